The number of nitrogens with one attached hydrogen (secondary N) is 1. The molecular formula is C21H21N3O5S. The Balaban J connectivity index is 1.66. The molecule has 0 saturated heterocycles. The SMILES string of the molecule is COc1ccc(CC(=O)Nc2ccc(-c3ccc(S(C)(=O)=O)nn3)cc2)cc1OC. The summed E-state index contributed by atoms with van der Waals surface area (Å²) < 4.78 is 33.4. The van der Waals surface area contributed by atoms with E-state index in [1.807, 2.05) is 6.07 Å². The van der Waals surface area contributed by atoms with E-state index in [-0.39, 0.29) is 17.4 Å². The Morgan fingerprint density at radius 1 is 0.933 bits per heavy atom. The van der Waals surface area contributed by atoms with Crippen molar-refractivity contribution in [3.8, 4) is 22.8 Å². The minimum atomic E-state index is -3.39. The molecule has 9 heteroatoms. The molecule has 156 valence electrons. The first-order chi connectivity index (χ1) is 14.3. The highest BCUT2D eigenvalue weighted by Crippen LogP contribution is 2.28. The molecule has 30 heavy (non-hydrogen) atoms. The summed E-state index contributed by atoms with van der Waals surface area (Å²) in [6.45, 7) is 0. The van der Waals surface area contributed by atoms with Crippen LogP contribution in [-0.4, -0.2) is 45.0 Å². The largest absolute Gasteiger partial charge is 0.493 e. The Morgan fingerprint density at radius 2 is 1.63 bits per heavy atom. The highest BCUT2D eigenvalue weighted by molar-refractivity contribution is 7.90. The Hall–Kier alpha value is -3.46. The Bertz CT molecular complexity index is 1140. The van der Waals surface area contributed by atoms with Crippen LogP contribution in [0.4, 0.5) is 5.69 Å². The first kappa shape index (κ1) is 21.3. The van der Waals surface area contributed by atoms with Crippen LogP contribution in [0, 0.1) is 0 Å². The predicted octanol–water partition coefficient (Wildman–Crippen LogP) is 2.75. The molecule has 0 fully saturated rings. The lowest BCUT2D eigenvalue weighted by atomic mass is 10.1. The molecule has 1 N–H and O–H groups in total. The molecule has 0 atom stereocenters. The van der Waals surface area contributed by atoms with Crippen molar-refractivity contribution in [2.45, 2.75) is 11.4 Å². The van der Waals surface area contributed by atoms with Crippen molar-refractivity contribution < 1.29 is 22.7 Å². The maximum atomic E-state index is 12.4. The number of hydrogen-bond acceptors (Lipinski definition) is 7. The van der Waals surface area contributed by atoms with E-state index >= 15 is 0 Å². The number of ether oxygens (including phenoxy) is 2. The van der Waals surface area contributed by atoms with Crippen LogP contribution in [0.5, 0.6) is 11.5 Å². The number of sulfone groups is 1. The van der Waals surface area contributed by atoms with Crippen LogP contribution in [0.1, 0.15) is 5.56 Å². The van der Waals surface area contributed by atoms with Gasteiger partial charge in [-0.05, 0) is 42.0 Å². The van der Waals surface area contributed by atoms with Gasteiger partial charge in [-0.2, -0.15) is 0 Å². The summed E-state index contributed by atoms with van der Waals surface area (Å²) in [7, 11) is -0.293. The molecule has 1 amide bonds. The first-order valence-electron chi connectivity index (χ1n) is 8.95. The highest BCUT2D eigenvalue weighted by Gasteiger charge is 2.11. The topological polar surface area (TPSA) is 107 Å². The summed E-state index contributed by atoms with van der Waals surface area (Å²) in [6.07, 6.45) is 1.26. The molecule has 0 spiro atoms. The summed E-state index contributed by atoms with van der Waals surface area (Å²) in [5.74, 6) is 0.993. The average molecular weight is 427 g/mol. The summed E-state index contributed by atoms with van der Waals surface area (Å²) in [5.41, 5.74) is 2.71. The van der Waals surface area contributed by atoms with Gasteiger partial charge in [0.05, 0.1) is 26.3 Å². The van der Waals surface area contributed by atoms with Crippen LogP contribution in [0.3, 0.4) is 0 Å². The van der Waals surface area contributed by atoms with E-state index in [0.29, 0.717) is 22.9 Å². The lowest BCUT2D eigenvalue weighted by molar-refractivity contribution is -0.115. The van der Waals surface area contributed by atoms with Gasteiger partial charge in [0, 0.05) is 17.5 Å². The average Bonchev–Trinajstić information content (AvgIpc) is 2.73. The molecule has 0 unspecified atom stereocenters. The smallest absolute Gasteiger partial charge is 0.228 e. The van der Waals surface area contributed by atoms with Crippen molar-refractivity contribution in [3.63, 3.8) is 0 Å². The van der Waals surface area contributed by atoms with E-state index in [1.165, 1.54) is 6.07 Å². The van der Waals surface area contributed by atoms with E-state index in [0.717, 1.165) is 17.4 Å². The molecule has 8 nitrogen and oxygen atoms in total. The number of nitrogens with zero attached hydrogens (tertiary/aromatic N) is 2. The Kier molecular flexibility index (Phi) is 6.31. The number of anilines is 1. The Labute approximate surface area is 174 Å². The maximum Gasteiger partial charge on any atom is 0.228 e. The minimum absolute atomic E-state index is 0.0784. The fourth-order valence-electron chi connectivity index (χ4n) is 2.78. The molecule has 3 aromatic rings. The van der Waals surface area contributed by atoms with E-state index in [4.69, 9.17) is 9.47 Å². The van der Waals surface area contributed by atoms with Crippen molar-refractivity contribution >= 4 is 21.4 Å². The number of rotatable bonds is 7. The molecule has 0 aliphatic rings. The van der Waals surface area contributed by atoms with Gasteiger partial charge in [-0.25, -0.2) is 8.42 Å². The highest BCUT2D eigenvalue weighted by atomic mass is 32.2. The number of aromatic nitrogens is 2. The fourth-order valence-corrected chi connectivity index (χ4v) is 3.28. The van der Waals surface area contributed by atoms with E-state index in [2.05, 4.69) is 15.5 Å². The van der Waals surface area contributed by atoms with E-state index in [1.54, 1.807) is 56.7 Å². The van der Waals surface area contributed by atoms with Crippen LogP contribution in [0.15, 0.2) is 59.6 Å². The third-order valence-electron chi connectivity index (χ3n) is 4.30. The van der Waals surface area contributed by atoms with Gasteiger partial charge < -0.3 is 14.8 Å². The summed E-state index contributed by atoms with van der Waals surface area (Å²) >= 11 is 0. The van der Waals surface area contributed by atoms with Crippen molar-refractivity contribution in [2.75, 3.05) is 25.8 Å². The molecule has 3 rings (SSSR count). The van der Waals surface area contributed by atoms with Crippen molar-refractivity contribution in [3.05, 3.63) is 60.2 Å². The quantitative estimate of drug-likeness (QED) is 0.618. The summed E-state index contributed by atoms with van der Waals surface area (Å²) in [4.78, 5) is 12.4. The fraction of sp³-hybridized carbons (Fsp3) is 0.190. The third kappa shape index (κ3) is 5.12. The molecule has 0 aliphatic heterocycles. The van der Waals surface area contributed by atoms with Crippen LogP contribution in [-0.2, 0) is 21.1 Å². The number of carbonyl (C=O) groups is 1. The second-order valence-electron chi connectivity index (χ2n) is 6.52. The van der Waals surface area contributed by atoms with Crippen LogP contribution >= 0.6 is 0 Å². The summed E-state index contributed by atoms with van der Waals surface area (Å²) in [5, 5.41) is 10.5. The van der Waals surface area contributed by atoms with E-state index in [9.17, 15) is 13.2 Å². The van der Waals surface area contributed by atoms with Gasteiger partial charge >= 0.3 is 0 Å². The monoisotopic (exact) mass is 427 g/mol. The third-order valence-corrected chi connectivity index (χ3v) is 5.27. The van der Waals surface area contributed by atoms with E-state index < -0.39 is 9.84 Å². The van der Waals surface area contributed by atoms with Crippen molar-refractivity contribution in [1.29, 1.82) is 0 Å². The normalized spacial score (nSPS) is 11.0. The maximum absolute atomic E-state index is 12.4. The van der Waals surface area contributed by atoms with Crippen LogP contribution < -0.4 is 14.8 Å². The molecule has 0 saturated carbocycles. The Morgan fingerprint density at radius 3 is 2.20 bits per heavy atom. The predicted molar refractivity (Wildman–Crippen MR) is 112 cm³/mol. The van der Waals surface area contributed by atoms with Gasteiger partial charge in [-0.3, -0.25) is 4.79 Å². The molecule has 0 bridgehead atoms. The standard InChI is InChI=1S/C21H21N3O5S/c1-28-18-10-4-14(12-19(18)29-2)13-20(25)22-16-7-5-15(6-8-16)17-9-11-21(24-23-17)30(3,26)27/h4-12H,13H2,1-3H3,(H,22,25). The molecule has 0 aliphatic carbocycles. The number of carbonyl (C=O) groups excluding carboxylic acids is 1. The van der Waals surface area contributed by atoms with Crippen molar-refractivity contribution in [2.24, 2.45) is 0 Å². The second-order valence-corrected chi connectivity index (χ2v) is 8.48. The number of amides is 1. The summed E-state index contributed by atoms with van der Waals surface area (Å²) in [6, 6.07) is 15.4. The van der Waals surface area contributed by atoms with Gasteiger partial charge in [-0.1, -0.05) is 18.2 Å². The van der Waals surface area contributed by atoms with Gasteiger partial charge in [-0.15, -0.1) is 10.2 Å². The van der Waals surface area contributed by atoms with Crippen LogP contribution in [0.2, 0.25) is 0 Å². The zero-order valence-electron chi connectivity index (χ0n) is 16.7. The number of hydrogen-bond donors (Lipinski definition) is 1. The number of benzene rings is 2. The zero-order chi connectivity index (χ0) is 21.7. The first-order valence-corrected chi connectivity index (χ1v) is 10.8. The zero-order valence-corrected chi connectivity index (χ0v) is 17.6. The molecule has 0 radical (unpaired) electrons. The molecule has 2 aromatic carbocycles. The van der Waals surface area contributed by atoms with Gasteiger partial charge in [0.1, 0.15) is 0 Å². The number of methoxy groups -OCH3 is 2. The van der Waals surface area contributed by atoms with Gasteiger partial charge in [0.25, 0.3) is 0 Å². The van der Waals surface area contributed by atoms with Gasteiger partial charge in [0.2, 0.25) is 5.91 Å². The molecule has 1 heterocycles. The van der Waals surface area contributed by atoms with Crippen LogP contribution in [0.25, 0.3) is 11.3 Å². The van der Waals surface area contributed by atoms with Crippen molar-refractivity contribution in [1.82, 2.24) is 10.2 Å². The lowest BCUT2D eigenvalue weighted by Crippen LogP contribution is -2.14. The molecule has 1 aromatic heterocycles. The molecular weight excluding hydrogens is 406 g/mol. The second kappa shape index (κ2) is 8.91. The lowest BCUT2D eigenvalue weighted by Gasteiger charge is -2.10. The minimum Gasteiger partial charge on any atom is -0.493 e. The van der Waals surface area contributed by atoms with Gasteiger partial charge in [0.15, 0.2) is 26.4 Å².